The maximum Gasteiger partial charge on any atom is 0.245 e. The number of aliphatic hydroxyl groups is 1. The molecule has 0 aliphatic rings. The minimum Gasteiger partial charge on any atom is -0.396 e. The summed E-state index contributed by atoms with van der Waals surface area (Å²) in [5, 5.41) is 12.5. The average Bonchev–Trinajstić information content (AvgIpc) is 2.64. The van der Waals surface area contributed by atoms with Crippen molar-refractivity contribution in [1.82, 2.24) is 9.88 Å². The monoisotopic (exact) mass is 276 g/mol. The van der Waals surface area contributed by atoms with Gasteiger partial charge in [-0.05, 0) is 32.6 Å². The second kappa shape index (κ2) is 6.31. The van der Waals surface area contributed by atoms with Gasteiger partial charge in [0.25, 0.3) is 0 Å². The van der Waals surface area contributed by atoms with Crippen LogP contribution in [-0.4, -0.2) is 31.8 Å². The fourth-order valence-corrected chi connectivity index (χ4v) is 3.08. The molecule has 6 nitrogen and oxygen atoms in total. The van der Waals surface area contributed by atoms with E-state index in [1.165, 1.54) is 0 Å². The number of aromatic nitrogens is 1. The molecule has 0 aromatic carbocycles. The fraction of sp³-hybridized carbons (Fsp3) is 0.727. The van der Waals surface area contributed by atoms with Gasteiger partial charge in [0.15, 0.2) is 5.76 Å². The number of aryl methyl sites for hydroxylation is 2. The third-order valence-electron chi connectivity index (χ3n) is 2.71. The number of hydrogen-bond donors (Lipinski definition) is 2. The Labute approximate surface area is 107 Å². The molecule has 18 heavy (non-hydrogen) atoms. The molecule has 0 bridgehead atoms. The Hall–Kier alpha value is -0.920. The van der Waals surface area contributed by atoms with Crippen molar-refractivity contribution in [3.8, 4) is 0 Å². The van der Waals surface area contributed by atoms with Crippen molar-refractivity contribution in [2.45, 2.75) is 38.5 Å². The second-order valence-electron chi connectivity index (χ2n) is 4.48. The van der Waals surface area contributed by atoms with Crippen LogP contribution in [0.1, 0.15) is 31.2 Å². The van der Waals surface area contributed by atoms with Crippen LogP contribution in [0.4, 0.5) is 0 Å². The molecule has 2 N–H and O–H groups in total. The van der Waals surface area contributed by atoms with Gasteiger partial charge in [-0.1, -0.05) is 12.1 Å². The predicted molar refractivity (Wildman–Crippen MR) is 66.6 cm³/mol. The SMILES string of the molecule is Cc1noc(C)c1S(=O)(=O)NCCCC(C)CO. The minimum atomic E-state index is -3.55. The number of rotatable bonds is 7. The normalized spacial score (nSPS) is 13.8. The predicted octanol–water partition coefficient (Wildman–Crippen LogP) is 0.978. The molecule has 0 saturated carbocycles. The lowest BCUT2D eigenvalue weighted by molar-refractivity contribution is 0.228. The maximum atomic E-state index is 12.0. The van der Waals surface area contributed by atoms with E-state index in [9.17, 15) is 8.42 Å². The molecule has 0 aliphatic carbocycles. The van der Waals surface area contributed by atoms with E-state index in [-0.39, 0.29) is 17.4 Å². The lowest BCUT2D eigenvalue weighted by Gasteiger charge is -2.08. The first-order valence-electron chi connectivity index (χ1n) is 5.92. The average molecular weight is 276 g/mol. The molecular weight excluding hydrogens is 256 g/mol. The van der Waals surface area contributed by atoms with Crippen molar-refractivity contribution >= 4 is 10.0 Å². The second-order valence-corrected chi connectivity index (χ2v) is 6.18. The van der Waals surface area contributed by atoms with E-state index in [1.54, 1.807) is 13.8 Å². The summed E-state index contributed by atoms with van der Waals surface area (Å²) in [5.41, 5.74) is 0.365. The lowest BCUT2D eigenvalue weighted by Crippen LogP contribution is -2.26. The Morgan fingerprint density at radius 3 is 2.61 bits per heavy atom. The van der Waals surface area contributed by atoms with E-state index < -0.39 is 10.0 Å². The molecular formula is C11H20N2O4S. The Balaban J connectivity index is 2.56. The molecule has 1 heterocycles. The number of aliphatic hydroxyl groups excluding tert-OH is 1. The van der Waals surface area contributed by atoms with Crippen molar-refractivity contribution < 1.29 is 18.0 Å². The van der Waals surface area contributed by atoms with Crippen LogP contribution in [0.2, 0.25) is 0 Å². The van der Waals surface area contributed by atoms with Gasteiger partial charge in [0, 0.05) is 13.2 Å². The van der Waals surface area contributed by atoms with E-state index in [4.69, 9.17) is 9.63 Å². The topological polar surface area (TPSA) is 92.4 Å². The molecule has 1 atom stereocenters. The van der Waals surface area contributed by atoms with Crippen molar-refractivity contribution in [3.05, 3.63) is 11.5 Å². The summed E-state index contributed by atoms with van der Waals surface area (Å²) in [5.74, 6) is 0.484. The van der Waals surface area contributed by atoms with Crippen LogP contribution in [0.3, 0.4) is 0 Å². The zero-order chi connectivity index (χ0) is 13.8. The van der Waals surface area contributed by atoms with Crippen LogP contribution in [0.15, 0.2) is 9.42 Å². The smallest absolute Gasteiger partial charge is 0.245 e. The molecule has 0 fully saturated rings. The van der Waals surface area contributed by atoms with Gasteiger partial charge in [-0.15, -0.1) is 0 Å². The number of hydrogen-bond acceptors (Lipinski definition) is 5. The van der Waals surface area contributed by atoms with Gasteiger partial charge in [-0.2, -0.15) is 0 Å². The van der Waals surface area contributed by atoms with E-state index in [1.807, 2.05) is 6.92 Å². The molecule has 0 saturated heterocycles. The van der Waals surface area contributed by atoms with Crippen LogP contribution in [0.25, 0.3) is 0 Å². The van der Waals surface area contributed by atoms with E-state index >= 15 is 0 Å². The Kier molecular flexibility index (Phi) is 5.30. The van der Waals surface area contributed by atoms with Gasteiger partial charge in [-0.3, -0.25) is 0 Å². The van der Waals surface area contributed by atoms with E-state index in [0.717, 1.165) is 6.42 Å². The maximum absolute atomic E-state index is 12.0. The van der Waals surface area contributed by atoms with Crippen molar-refractivity contribution in [1.29, 1.82) is 0 Å². The molecule has 0 aliphatic heterocycles. The molecule has 1 aromatic rings. The molecule has 7 heteroatoms. The van der Waals surface area contributed by atoms with Crippen molar-refractivity contribution in [3.63, 3.8) is 0 Å². The highest BCUT2D eigenvalue weighted by molar-refractivity contribution is 7.89. The summed E-state index contributed by atoms with van der Waals surface area (Å²) in [6, 6.07) is 0. The van der Waals surface area contributed by atoms with E-state index in [0.29, 0.717) is 24.4 Å². The van der Waals surface area contributed by atoms with Gasteiger partial charge < -0.3 is 9.63 Å². The Bertz CT molecular complexity index is 462. The molecule has 1 aromatic heterocycles. The highest BCUT2D eigenvalue weighted by atomic mass is 32.2. The number of nitrogens with zero attached hydrogens (tertiary/aromatic N) is 1. The van der Waals surface area contributed by atoms with E-state index in [2.05, 4.69) is 9.88 Å². The van der Waals surface area contributed by atoms with Gasteiger partial charge in [-0.25, -0.2) is 13.1 Å². The molecule has 104 valence electrons. The fourth-order valence-electron chi connectivity index (χ4n) is 1.68. The zero-order valence-electron chi connectivity index (χ0n) is 10.9. The van der Waals surface area contributed by atoms with Gasteiger partial charge in [0.1, 0.15) is 10.6 Å². The summed E-state index contributed by atoms with van der Waals surface area (Å²) in [6.45, 7) is 5.55. The molecule has 1 unspecified atom stereocenters. The summed E-state index contributed by atoms with van der Waals surface area (Å²) in [6.07, 6.45) is 1.46. The highest BCUT2D eigenvalue weighted by Crippen LogP contribution is 2.18. The Morgan fingerprint density at radius 2 is 2.11 bits per heavy atom. The third-order valence-corrected chi connectivity index (χ3v) is 4.42. The van der Waals surface area contributed by atoms with Crippen LogP contribution < -0.4 is 4.72 Å². The highest BCUT2D eigenvalue weighted by Gasteiger charge is 2.23. The first-order valence-corrected chi connectivity index (χ1v) is 7.40. The summed E-state index contributed by atoms with van der Waals surface area (Å²) in [7, 11) is -3.55. The van der Waals surface area contributed by atoms with Gasteiger partial charge in [0.05, 0.1) is 0 Å². The molecule has 1 rings (SSSR count). The van der Waals surface area contributed by atoms with Crippen molar-refractivity contribution in [2.75, 3.05) is 13.2 Å². The summed E-state index contributed by atoms with van der Waals surface area (Å²) >= 11 is 0. The molecule has 0 spiro atoms. The Morgan fingerprint density at radius 1 is 1.44 bits per heavy atom. The zero-order valence-corrected chi connectivity index (χ0v) is 11.7. The number of nitrogens with one attached hydrogen (secondary N) is 1. The quantitative estimate of drug-likeness (QED) is 0.724. The van der Waals surface area contributed by atoms with Gasteiger partial charge in [0.2, 0.25) is 10.0 Å². The molecule has 0 radical (unpaired) electrons. The first kappa shape index (κ1) is 15.1. The first-order chi connectivity index (χ1) is 8.38. The van der Waals surface area contributed by atoms with Crippen molar-refractivity contribution in [2.24, 2.45) is 5.92 Å². The van der Waals surface area contributed by atoms with Gasteiger partial charge >= 0.3 is 0 Å². The minimum absolute atomic E-state index is 0.122. The summed E-state index contributed by atoms with van der Waals surface area (Å²) < 4.78 is 31.3. The standard InChI is InChI=1S/C11H20N2O4S/c1-8(7-14)5-4-6-12-18(15,16)11-9(2)13-17-10(11)3/h8,12,14H,4-7H2,1-3H3. The molecule has 0 amide bonds. The van der Waals surface area contributed by atoms with Crippen LogP contribution in [0, 0.1) is 19.8 Å². The summed E-state index contributed by atoms with van der Waals surface area (Å²) in [4.78, 5) is 0.123. The lowest BCUT2D eigenvalue weighted by atomic mass is 10.1. The number of sulfonamides is 1. The third kappa shape index (κ3) is 3.79. The van der Waals surface area contributed by atoms with Crippen LogP contribution in [0.5, 0.6) is 0 Å². The largest absolute Gasteiger partial charge is 0.396 e. The van der Waals surface area contributed by atoms with Crippen LogP contribution in [-0.2, 0) is 10.0 Å². The van der Waals surface area contributed by atoms with Crippen LogP contribution >= 0.6 is 0 Å².